The summed E-state index contributed by atoms with van der Waals surface area (Å²) in [7, 11) is 0. The average molecular weight is 250 g/mol. The van der Waals surface area contributed by atoms with Gasteiger partial charge in [0.15, 0.2) is 0 Å². The number of rotatable bonds is 5. The van der Waals surface area contributed by atoms with Crippen molar-refractivity contribution in [1.82, 2.24) is 5.32 Å². The second-order valence-electron chi connectivity index (χ2n) is 4.22. The summed E-state index contributed by atoms with van der Waals surface area (Å²) in [6.45, 7) is 3.75. The molecule has 5 nitrogen and oxygen atoms in total. The van der Waals surface area contributed by atoms with Crippen LogP contribution in [0, 0.1) is 12.8 Å². The first-order chi connectivity index (χ1) is 8.45. The van der Waals surface area contributed by atoms with Gasteiger partial charge in [-0.15, -0.1) is 0 Å². The minimum absolute atomic E-state index is 0.123. The molecule has 1 aromatic carbocycles. The smallest absolute Gasteiger partial charge is 0.308 e. The Bertz CT molecular complexity index is 458. The lowest BCUT2D eigenvalue weighted by Crippen LogP contribution is -2.32. The summed E-state index contributed by atoms with van der Waals surface area (Å²) in [5.74, 6) is -1.76. The molecule has 0 spiro atoms. The van der Waals surface area contributed by atoms with Crippen molar-refractivity contribution in [2.24, 2.45) is 5.92 Å². The van der Waals surface area contributed by atoms with Crippen molar-refractivity contribution in [2.45, 2.75) is 20.3 Å². The van der Waals surface area contributed by atoms with Crippen LogP contribution in [0.2, 0.25) is 0 Å². The Hall–Kier alpha value is -2.04. The number of aryl methyl sites for hydroxylation is 1. The number of hydrogen-bond donors (Lipinski definition) is 3. The van der Waals surface area contributed by atoms with Gasteiger partial charge in [-0.05, 0) is 31.0 Å². The van der Waals surface area contributed by atoms with Crippen LogP contribution in [0.5, 0.6) is 0 Å². The van der Waals surface area contributed by atoms with E-state index < -0.39 is 11.9 Å². The molecule has 18 heavy (non-hydrogen) atoms. The van der Waals surface area contributed by atoms with Gasteiger partial charge in [-0.1, -0.05) is 13.0 Å². The van der Waals surface area contributed by atoms with Gasteiger partial charge in [-0.25, -0.2) is 0 Å². The van der Waals surface area contributed by atoms with Gasteiger partial charge < -0.3 is 16.2 Å². The molecule has 0 bridgehead atoms. The standard InChI is InChI=1S/C13H18N2O3/c1-3-9(13(17)18)7-15-12(16)10-5-4-8(2)11(14)6-10/h4-6,9H,3,7,14H2,1-2H3,(H,15,16)(H,17,18). The summed E-state index contributed by atoms with van der Waals surface area (Å²) in [4.78, 5) is 22.6. The molecule has 0 heterocycles. The molecule has 4 N–H and O–H groups in total. The van der Waals surface area contributed by atoms with Crippen LogP contribution in [0.25, 0.3) is 0 Å². The minimum Gasteiger partial charge on any atom is -0.481 e. The predicted molar refractivity (Wildman–Crippen MR) is 69.3 cm³/mol. The van der Waals surface area contributed by atoms with E-state index in [-0.39, 0.29) is 12.5 Å². The summed E-state index contributed by atoms with van der Waals surface area (Å²) in [6.07, 6.45) is 0.478. The number of nitrogens with one attached hydrogen (secondary N) is 1. The SMILES string of the molecule is CCC(CNC(=O)c1ccc(C)c(N)c1)C(=O)O. The van der Waals surface area contributed by atoms with Crippen molar-refractivity contribution >= 4 is 17.6 Å². The zero-order valence-corrected chi connectivity index (χ0v) is 10.6. The van der Waals surface area contributed by atoms with Crippen LogP contribution >= 0.6 is 0 Å². The summed E-state index contributed by atoms with van der Waals surface area (Å²) in [5, 5.41) is 11.5. The first kappa shape index (κ1) is 14.0. The second kappa shape index (κ2) is 6.05. The maximum absolute atomic E-state index is 11.8. The number of aliphatic carboxylic acids is 1. The fourth-order valence-electron chi connectivity index (χ4n) is 1.51. The maximum atomic E-state index is 11.8. The van der Waals surface area contributed by atoms with Crippen LogP contribution in [0.4, 0.5) is 5.69 Å². The molecule has 0 saturated carbocycles. The highest BCUT2D eigenvalue weighted by atomic mass is 16.4. The molecule has 0 fully saturated rings. The highest BCUT2D eigenvalue weighted by Gasteiger charge is 2.16. The fourth-order valence-corrected chi connectivity index (χ4v) is 1.51. The molecule has 1 amide bonds. The van der Waals surface area contributed by atoms with Crippen LogP contribution in [-0.2, 0) is 4.79 Å². The van der Waals surface area contributed by atoms with Crippen LogP contribution in [0.15, 0.2) is 18.2 Å². The molecule has 0 radical (unpaired) electrons. The van der Waals surface area contributed by atoms with Crippen molar-refractivity contribution in [3.05, 3.63) is 29.3 Å². The third-order valence-corrected chi connectivity index (χ3v) is 2.89. The number of nitrogen functional groups attached to an aromatic ring is 1. The summed E-state index contributed by atoms with van der Waals surface area (Å²) in [6, 6.07) is 5.02. The summed E-state index contributed by atoms with van der Waals surface area (Å²) >= 11 is 0. The van der Waals surface area contributed by atoms with Crippen molar-refractivity contribution in [3.8, 4) is 0 Å². The first-order valence-corrected chi connectivity index (χ1v) is 5.82. The van der Waals surface area contributed by atoms with E-state index >= 15 is 0 Å². The number of hydrogen-bond acceptors (Lipinski definition) is 3. The molecule has 0 aliphatic rings. The van der Waals surface area contributed by atoms with Crippen molar-refractivity contribution in [1.29, 1.82) is 0 Å². The van der Waals surface area contributed by atoms with Gasteiger partial charge in [0.25, 0.3) is 5.91 Å². The average Bonchev–Trinajstić information content (AvgIpc) is 2.32. The van der Waals surface area contributed by atoms with E-state index in [1.165, 1.54) is 0 Å². The van der Waals surface area contributed by atoms with Crippen LogP contribution in [-0.4, -0.2) is 23.5 Å². The van der Waals surface area contributed by atoms with Crippen molar-refractivity contribution in [3.63, 3.8) is 0 Å². The Morgan fingerprint density at radius 2 is 2.11 bits per heavy atom. The summed E-state index contributed by atoms with van der Waals surface area (Å²) in [5.41, 5.74) is 7.61. The van der Waals surface area contributed by atoms with E-state index in [2.05, 4.69) is 5.32 Å². The Morgan fingerprint density at radius 1 is 1.44 bits per heavy atom. The van der Waals surface area contributed by atoms with Gasteiger partial charge in [0.05, 0.1) is 5.92 Å². The van der Waals surface area contributed by atoms with E-state index in [1.54, 1.807) is 25.1 Å². The van der Waals surface area contributed by atoms with E-state index in [1.807, 2.05) is 6.92 Å². The zero-order chi connectivity index (χ0) is 13.7. The molecular weight excluding hydrogens is 232 g/mol. The molecule has 1 rings (SSSR count). The molecule has 0 aliphatic carbocycles. The molecule has 1 atom stereocenters. The zero-order valence-electron chi connectivity index (χ0n) is 10.6. The highest BCUT2D eigenvalue weighted by Crippen LogP contribution is 2.13. The normalized spacial score (nSPS) is 11.9. The molecular formula is C13H18N2O3. The van der Waals surface area contributed by atoms with Crippen LogP contribution < -0.4 is 11.1 Å². The summed E-state index contributed by atoms with van der Waals surface area (Å²) < 4.78 is 0. The third kappa shape index (κ3) is 3.48. The van der Waals surface area contributed by atoms with Gasteiger partial charge in [0.1, 0.15) is 0 Å². The molecule has 1 aromatic rings. The number of carboxylic acids is 1. The van der Waals surface area contributed by atoms with Gasteiger partial charge in [0.2, 0.25) is 0 Å². The first-order valence-electron chi connectivity index (χ1n) is 5.82. The third-order valence-electron chi connectivity index (χ3n) is 2.89. The molecule has 0 aromatic heterocycles. The lowest BCUT2D eigenvalue weighted by molar-refractivity contribution is -0.141. The number of benzene rings is 1. The molecule has 1 unspecified atom stereocenters. The van der Waals surface area contributed by atoms with Crippen molar-refractivity contribution < 1.29 is 14.7 Å². The quantitative estimate of drug-likeness (QED) is 0.689. The second-order valence-corrected chi connectivity index (χ2v) is 4.22. The van der Waals surface area contributed by atoms with Gasteiger partial charge in [-0.3, -0.25) is 9.59 Å². The number of anilines is 1. The number of amides is 1. The number of carboxylic acid groups (broad SMARTS) is 1. The number of carbonyl (C=O) groups excluding carboxylic acids is 1. The Balaban J connectivity index is 2.65. The number of nitrogens with two attached hydrogens (primary N) is 1. The van der Waals surface area contributed by atoms with Gasteiger partial charge in [0, 0.05) is 17.8 Å². The lowest BCUT2D eigenvalue weighted by Gasteiger charge is -2.11. The Morgan fingerprint density at radius 3 is 2.61 bits per heavy atom. The maximum Gasteiger partial charge on any atom is 0.308 e. The molecule has 98 valence electrons. The lowest BCUT2D eigenvalue weighted by atomic mass is 10.1. The van der Waals surface area contributed by atoms with E-state index in [4.69, 9.17) is 10.8 Å². The highest BCUT2D eigenvalue weighted by molar-refractivity contribution is 5.95. The Labute approximate surface area is 106 Å². The molecule has 0 saturated heterocycles. The van der Waals surface area contributed by atoms with Gasteiger partial charge >= 0.3 is 5.97 Å². The van der Waals surface area contributed by atoms with Crippen molar-refractivity contribution in [2.75, 3.05) is 12.3 Å². The largest absolute Gasteiger partial charge is 0.481 e. The van der Waals surface area contributed by atoms with E-state index in [0.29, 0.717) is 17.7 Å². The molecule has 0 aliphatic heterocycles. The molecule has 5 heteroatoms. The van der Waals surface area contributed by atoms with Gasteiger partial charge in [-0.2, -0.15) is 0 Å². The predicted octanol–water partition coefficient (Wildman–Crippen LogP) is 1.42. The van der Waals surface area contributed by atoms with E-state index in [0.717, 1.165) is 5.56 Å². The van der Waals surface area contributed by atoms with Crippen LogP contribution in [0.3, 0.4) is 0 Å². The Kier molecular flexibility index (Phi) is 4.71. The van der Waals surface area contributed by atoms with Crippen LogP contribution in [0.1, 0.15) is 29.3 Å². The minimum atomic E-state index is -0.902. The fraction of sp³-hybridized carbons (Fsp3) is 0.385. The van der Waals surface area contributed by atoms with E-state index in [9.17, 15) is 9.59 Å². The number of carbonyl (C=O) groups is 2. The topological polar surface area (TPSA) is 92.4 Å². The monoisotopic (exact) mass is 250 g/mol.